The number of aromatic carboxylic acids is 1. The van der Waals surface area contributed by atoms with Gasteiger partial charge in [-0.1, -0.05) is 0 Å². The van der Waals surface area contributed by atoms with Crippen molar-refractivity contribution in [2.75, 3.05) is 24.3 Å². The third kappa shape index (κ3) is 6.14. The number of aromatic nitrogens is 4. The van der Waals surface area contributed by atoms with Crippen molar-refractivity contribution in [2.24, 2.45) is 5.73 Å². The van der Waals surface area contributed by atoms with Crippen LogP contribution in [-0.2, 0) is 13.1 Å². The second-order valence-corrected chi connectivity index (χ2v) is 9.36. The number of nitro benzene ring substituents is 1. The molecule has 0 saturated carbocycles. The van der Waals surface area contributed by atoms with Crippen LogP contribution in [-0.4, -0.2) is 60.8 Å². The van der Waals surface area contributed by atoms with Gasteiger partial charge in [-0.3, -0.25) is 29.7 Å². The summed E-state index contributed by atoms with van der Waals surface area (Å²) in [5.74, 6) is -2.00. The quantitative estimate of drug-likeness (QED) is 0.103. The van der Waals surface area contributed by atoms with Crippen molar-refractivity contribution in [1.82, 2.24) is 19.3 Å². The molecule has 0 spiro atoms. The number of carbonyl (C=O) groups is 3. The van der Waals surface area contributed by atoms with E-state index in [1.165, 1.54) is 13.2 Å². The Morgan fingerprint density at radius 2 is 1.90 bits per heavy atom. The number of carbonyl (C=O) groups excluding carboxylic acids is 2. The molecule has 0 aliphatic heterocycles. The number of aryl methyl sites for hydroxylation is 3. The molecule has 42 heavy (non-hydrogen) atoms. The first kappa shape index (κ1) is 29.5. The van der Waals surface area contributed by atoms with Crippen LogP contribution in [0, 0.1) is 17.0 Å². The first-order valence-corrected chi connectivity index (χ1v) is 13.0. The van der Waals surface area contributed by atoms with Gasteiger partial charge in [-0.05, 0) is 57.0 Å². The highest BCUT2D eigenvalue weighted by molar-refractivity contribution is 6.03. The number of ether oxygens (including phenoxy) is 1. The summed E-state index contributed by atoms with van der Waals surface area (Å²) >= 11 is 0. The van der Waals surface area contributed by atoms with E-state index in [1.54, 1.807) is 35.9 Å². The smallest absolute Gasteiger partial charge is 0.336 e. The predicted octanol–water partition coefficient (Wildman–Crippen LogP) is 3.42. The molecule has 0 fully saturated rings. The molecule has 4 rings (SSSR count). The minimum Gasteiger partial charge on any atom is -0.494 e. The topological polar surface area (TPSA) is 210 Å². The number of hydrogen-bond acceptors (Lipinski definition) is 9. The molecule has 15 heteroatoms. The normalized spacial score (nSPS) is 10.9. The maximum Gasteiger partial charge on any atom is 0.336 e. The number of methoxy groups -OCH3 is 1. The number of nitro groups is 1. The van der Waals surface area contributed by atoms with Gasteiger partial charge in [0.1, 0.15) is 11.4 Å². The molecule has 2 aromatic heterocycles. The third-order valence-corrected chi connectivity index (χ3v) is 6.55. The van der Waals surface area contributed by atoms with E-state index in [0.717, 1.165) is 6.07 Å². The van der Waals surface area contributed by atoms with E-state index in [0.29, 0.717) is 54.9 Å². The Balaban J connectivity index is 1.53. The Morgan fingerprint density at radius 3 is 2.55 bits per heavy atom. The van der Waals surface area contributed by atoms with Gasteiger partial charge in [0.25, 0.3) is 11.6 Å². The molecule has 4 aromatic rings. The van der Waals surface area contributed by atoms with E-state index in [2.05, 4.69) is 20.7 Å². The molecule has 220 valence electrons. The largest absolute Gasteiger partial charge is 0.494 e. The fourth-order valence-corrected chi connectivity index (χ4v) is 4.55. The van der Waals surface area contributed by atoms with Gasteiger partial charge >= 0.3 is 5.97 Å². The summed E-state index contributed by atoms with van der Waals surface area (Å²) < 4.78 is 8.60. The van der Waals surface area contributed by atoms with E-state index < -0.39 is 28.4 Å². The lowest BCUT2D eigenvalue weighted by Gasteiger charge is -2.13. The minimum absolute atomic E-state index is 0.0408. The van der Waals surface area contributed by atoms with E-state index in [4.69, 9.17) is 10.5 Å². The molecule has 15 nitrogen and oxygen atoms in total. The van der Waals surface area contributed by atoms with E-state index >= 15 is 0 Å². The van der Waals surface area contributed by atoms with Crippen LogP contribution in [0.3, 0.4) is 0 Å². The number of fused-ring (bicyclic) bond motifs is 1. The number of benzene rings is 2. The van der Waals surface area contributed by atoms with Crippen molar-refractivity contribution >= 4 is 46.1 Å². The van der Waals surface area contributed by atoms with E-state index in [9.17, 15) is 29.6 Å². The van der Waals surface area contributed by atoms with Crippen LogP contribution >= 0.6 is 0 Å². The molecular formula is C27H30N8O7. The first-order chi connectivity index (χ1) is 20.0. The van der Waals surface area contributed by atoms with Crippen LogP contribution in [0.5, 0.6) is 5.75 Å². The van der Waals surface area contributed by atoms with Gasteiger partial charge in [0.2, 0.25) is 11.9 Å². The van der Waals surface area contributed by atoms with Gasteiger partial charge in [0.15, 0.2) is 5.69 Å². The van der Waals surface area contributed by atoms with Gasteiger partial charge in [-0.15, -0.1) is 0 Å². The maximum absolute atomic E-state index is 13.1. The van der Waals surface area contributed by atoms with Gasteiger partial charge in [0, 0.05) is 31.3 Å². The monoisotopic (exact) mass is 578 g/mol. The maximum atomic E-state index is 13.1. The Labute approximate surface area is 239 Å². The molecule has 5 N–H and O–H groups in total. The van der Waals surface area contributed by atoms with Crippen molar-refractivity contribution in [3.63, 3.8) is 0 Å². The van der Waals surface area contributed by atoms with Gasteiger partial charge in [0.05, 0.1) is 34.3 Å². The van der Waals surface area contributed by atoms with Crippen LogP contribution < -0.4 is 21.1 Å². The molecule has 0 unspecified atom stereocenters. The molecule has 0 radical (unpaired) electrons. The number of nitrogens with two attached hydrogens (primary N) is 1. The molecule has 2 aromatic carbocycles. The molecule has 2 heterocycles. The number of nitrogens with zero attached hydrogens (tertiary/aromatic N) is 5. The Kier molecular flexibility index (Phi) is 8.69. The molecule has 0 atom stereocenters. The number of unbranched alkanes of at least 4 members (excludes halogenated alkanes) is 1. The highest BCUT2D eigenvalue weighted by Crippen LogP contribution is 2.36. The van der Waals surface area contributed by atoms with E-state index in [1.807, 2.05) is 11.5 Å². The average molecular weight is 579 g/mol. The molecule has 0 aliphatic rings. The number of anilines is 2. The number of nitrogens with one attached hydrogen (secondary N) is 2. The summed E-state index contributed by atoms with van der Waals surface area (Å²) in [5, 5.41) is 31.0. The van der Waals surface area contributed by atoms with E-state index in [-0.39, 0.29) is 28.5 Å². The molecule has 0 bridgehead atoms. The Morgan fingerprint density at radius 1 is 1.14 bits per heavy atom. The molecular weight excluding hydrogens is 548 g/mol. The summed E-state index contributed by atoms with van der Waals surface area (Å²) in [5.41, 5.74) is 7.33. The SMILES string of the molecule is CCn1nc(C)cc1C(=O)Nc1nc2cc(C(N)=O)ccc2n1CCCCNc1c(OC)cc(C(=O)O)cc1[N+](=O)[O-]. The van der Waals surface area contributed by atoms with Gasteiger partial charge in [-0.25, -0.2) is 9.78 Å². The number of hydrogen-bond donors (Lipinski definition) is 4. The lowest BCUT2D eigenvalue weighted by atomic mass is 10.1. The zero-order valence-electron chi connectivity index (χ0n) is 23.2. The summed E-state index contributed by atoms with van der Waals surface area (Å²) in [6.07, 6.45) is 1.10. The summed E-state index contributed by atoms with van der Waals surface area (Å²) in [6, 6.07) is 8.71. The summed E-state index contributed by atoms with van der Waals surface area (Å²) in [6.45, 7) is 4.89. The highest BCUT2D eigenvalue weighted by Gasteiger charge is 2.23. The fourth-order valence-electron chi connectivity index (χ4n) is 4.55. The zero-order chi connectivity index (χ0) is 30.6. The lowest BCUT2D eigenvalue weighted by molar-refractivity contribution is -0.384. The van der Waals surface area contributed by atoms with Crippen LogP contribution in [0.2, 0.25) is 0 Å². The second-order valence-electron chi connectivity index (χ2n) is 9.36. The van der Waals surface area contributed by atoms with Gasteiger partial charge < -0.3 is 25.5 Å². The number of rotatable bonds is 13. The van der Waals surface area contributed by atoms with Crippen molar-refractivity contribution < 1.29 is 29.2 Å². The van der Waals surface area contributed by atoms with Crippen molar-refractivity contribution in [3.8, 4) is 5.75 Å². The van der Waals surface area contributed by atoms with Crippen LogP contribution in [0.1, 0.15) is 56.7 Å². The fraction of sp³-hybridized carbons (Fsp3) is 0.296. The first-order valence-electron chi connectivity index (χ1n) is 13.0. The molecule has 0 saturated heterocycles. The number of imidazole rings is 1. The van der Waals surface area contributed by atoms with Crippen LogP contribution in [0.25, 0.3) is 11.0 Å². The highest BCUT2D eigenvalue weighted by atomic mass is 16.6. The summed E-state index contributed by atoms with van der Waals surface area (Å²) in [4.78, 5) is 51.7. The predicted molar refractivity (Wildman–Crippen MR) is 153 cm³/mol. The zero-order valence-corrected chi connectivity index (χ0v) is 23.2. The average Bonchev–Trinajstić information content (AvgIpc) is 3.51. The standard InChI is InChI=1S/C27H30N8O7/c1-4-34-21(11-15(2)32-34)25(37)31-27-30-18-12-16(24(28)36)7-8-19(18)33(27)10-6-5-9-29-23-20(35(40)41)13-17(26(38)39)14-22(23)42-3/h7-8,11-14,29H,4-6,9-10H2,1-3H3,(H2,28,36)(H,38,39)(H,30,31,37). The number of amides is 2. The Bertz CT molecular complexity index is 1690. The molecule has 0 aliphatic carbocycles. The Hall–Kier alpha value is -5.47. The molecule has 2 amide bonds. The number of primary amides is 1. The number of carboxylic acid groups (broad SMARTS) is 1. The number of carboxylic acids is 1. The third-order valence-electron chi connectivity index (χ3n) is 6.55. The minimum atomic E-state index is -1.31. The summed E-state index contributed by atoms with van der Waals surface area (Å²) in [7, 11) is 1.30. The van der Waals surface area contributed by atoms with Crippen LogP contribution in [0.4, 0.5) is 17.3 Å². The van der Waals surface area contributed by atoms with Crippen LogP contribution in [0.15, 0.2) is 36.4 Å². The second kappa shape index (κ2) is 12.4. The van der Waals surface area contributed by atoms with Crippen molar-refractivity contribution in [2.45, 2.75) is 39.8 Å². The lowest BCUT2D eigenvalue weighted by Crippen LogP contribution is -2.20. The van der Waals surface area contributed by atoms with Gasteiger partial charge in [-0.2, -0.15) is 5.10 Å². The van der Waals surface area contributed by atoms with Crippen molar-refractivity contribution in [1.29, 1.82) is 0 Å². The van der Waals surface area contributed by atoms with Crippen molar-refractivity contribution in [3.05, 3.63) is 69.0 Å².